The fraction of sp³-hybridized carbons (Fsp3) is 0.146. The predicted octanol–water partition coefficient (Wildman–Crippen LogP) is 22.4. The summed E-state index contributed by atoms with van der Waals surface area (Å²) in [4.78, 5) is 5.05. The molecule has 0 saturated carbocycles. The van der Waals surface area contributed by atoms with Gasteiger partial charge in [0, 0.05) is 66.5 Å². The monoisotopic (exact) mass is 1110 g/mol. The van der Waals surface area contributed by atoms with E-state index in [9.17, 15) is 0 Å². The van der Waals surface area contributed by atoms with Gasteiger partial charge < -0.3 is 18.9 Å². The first-order valence-corrected chi connectivity index (χ1v) is 30.5. The van der Waals surface area contributed by atoms with Crippen molar-refractivity contribution in [3.05, 3.63) is 286 Å². The minimum atomic E-state index is -0.148. The third-order valence-electron chi connectivity index (χ3n) is 19.5. The van der Waals surface area contributed by atoms with Crippen molar-refractivity contribution in [3.63, 3.8) is 0 Å². The predicted molar refractivity (Wildman–Crippen MR) is 366 cm³/mol. The minimum absolute atomic E-state index is 0.148. The van der Waals surface area contributed by atoms with E-state index in [1.807, 2.05) is 0 Å². The Bertz CT molecular complexity index is 4810. The second-order valence-electron chi connectivity index (χ2n) is 25.7. The number of aromatic nitrogens is 2. The van der Waals surface area contributed by atoms with E-state index in [-0.39, 0.29) is 10.8 Å². The van der Waals surface area contributed by atoms with Crippen LogP contribution >= 0.6 is 0 Å². The molecule has 0 bridgehead atoms. The maximum Gasteiger partial charge on any atom is 0.0562 e. The standard InChI is InChI=1S/C82H68N4/c1-49-41-51(3)79(52(4)42-49)83(57-29-33-63-61-25-17-19-27-69(61)81(7,8)71(63)45-57)59-31-35-67-75(47-59)85(55-21-13-11-14-22-55)73-39-37-66-65(77(67)73)38-40-74-78(66)68-36-32-60(48-76(68)86(74)56-23-15-12-16-24-56)84(80-53(5)43-50(2)44-54(80)6)58-30-34-64-62-26-18-20-28-70(62)82(9,10)72(64)46-58/h11-48H,1-10H3. The Morgan fingerprint density at radius 1 is 0.279 bits per heavy atom. The topological polar surface area (TPSA) is 16.3 Å². The van der Waals surface area contributed by atoms with Crippen molar-refractivity contribution in [2.24, 2.45) is 0 Å². The van der Waals surface area contributed by atoms with Crippen molar-refractivity contribution < 1.29 is 0 Å². The third kappa shape index (κ3) is 7.48. The van der Waals surface area contributed by atoms with Gasteiger partial charge in [0.25, 0.3) is 0 Å². The number of nitrogens with zero attached hydrogens (tertiary/aromatic N) is 4. The Morgan fingerprint density at radius 2 is 0.605 bits per heavy atom. The fourth-order valence-corrected chi connectivity index (χ4v) is 15.9. The number of hydrogen-bond acceptors (Lipinski definition) is 2. The summed E-state index contributed by atoms with van der Waals surface area (Å²) in [6, 6.07) is 87.5. The molecule has 0 N–H and O–H groups in total. The Hall–Kier alpha value is -9.90. The fourth-order valence-electron chi connectivity index (χ4n) is 15.9. The lowest BCUT2D eigenvalue weighted by Crippen LogP contribution is -2.17. The van der Waals surface area contributed by atoms with Crippen LogP contribution < -0.4 is 9.80 Å². The van der Waals surface area contributed by atoms with Gasteiger partial charge in [-0.1, -0.05) is 184 Å². The van der Waals surface area contributed by atoms with Gasteiger partial charge >= 0.3 is 0 Å². The highest BCUT2D eigenvalue weighted by Crippen LogP contribution is 2.54. The second kappa shape index (κ2) is 18.8. The SMILES string of the molecule is Cc1cc(C)c(N(c2ccc3c(c2)C(C)(C)c2ccccc2-3)c2ccc3c4c5ccc6c(c5ccc4n(-c4ccccc4)c3c2)c2ccc(N(c3ccc4c(c3)C(C)(C)c3ccccc3-4)c3c(C)cc(C)cc3C)cc2n6-c2ccccc2)c(C)c1. The van der Waals surface area contributed by atoms with Gasteiger partial charge in [0.05, 0.1) is 33.4 Å². The summed E-state index contributed by atoms with van der Waals surface area (Å²) < 4.78 is 4.99. The molecule has 0 amide bonds. The quantitative estimate of drug-likeness (QED) is 0.151. The van der Waals surface area contributed by atoms with Crippen LogP contribution in [0.3, 0.4) is 0 Å². The molecule has 0 spiro atoms. The zero-order valence-electron chi connectivity index (χ0n) is 50.7. The molecule has 0 radical (unpaired) electrons. The molecule has 2 aliphatic rings. The zero-order chi connectivity index (χ0) is 58.7. The van der Waals surface area contributed by atoms with Gasteiger partial charge in [-0.05, 0) is 204 Å². The Kier molecular flexibility index (Phi) is 11.3. The Morgan fingerprint density at radius 3 is 1.00 bits per heavy atom. The van der Waals surface area contributed by atoms with Crippen molar-refractivity contribution in [3.8, 4) is 33.6 Å². The van der Waals surface area contributed by atoms with Gasteiger partial charge in [0.2, 0.25) is 0 Å². The smallest absolute Gasteiger partial charge is 0.0562 e. The largest absolute Gasteiger partial charge is 0.310 e. The molecule has 0 atom stereocenters. The molecule has 16 rings (SSSR count). The number of para-hydroxylation sites is 2. The molecule has 86 heavy (non-hydrogen) atoms. The van der Waals surface area contributed by atoms with Crippen LogP contribution in [0.25, 0.3) is 88.0 Å². The lowest BCUT2D eigenvalue weighted by atomic mass is 9.82. The lowest BCUT2D eigenvalue weighted by molar-refractivity contribution is 0.660. The van der Waals surface area contributed by atoms with Crippen molar-refractivity contribution in [2.75, 3.05) is 9.80 Å². The highest BCUT2D eigenvalue weighted by Gasteiger charge is 2.38. The van der Waals surface area contributed by atoms with Gasteiger partial charge in [0.1, 0.15) is 0 Å². The summed E-state index contributed by atoms with van der Waals surface area (Å²) in [5.41, 5.74) is 31.9. The average molecular weight is 1110 g/mol. The third-order valence-corrected chi connectivity index (χ3v) is 19.5. The maximum absolute atomic E-state index is 2.52. The van der Waals surface area contributed by atoms with Crippen molar-refractivity contribution >= 4 is 88.5 Å². The first-order chi connectivity index (χ1) is 41.6. The highest BCUT2D eigenvalue weighted by molar-refractivity contribution is 6.30. The molecule has 14 aromatic rings. The summed E-state index contributed by atoms with van der Waals surface area (Å²) in [7, 11) is 0. The number of hydrogen-bond donors (Lipinski definition) is 0. The summed E-state index contributed by atoms with van der Waals surface area (Å²) in [5.74, 6) is 0. The van der Waals surface area contributed by atoms with Gasteiger partial charge in [-0.3, -0.25) is 0 Å². The summed E-state index contributed by atoms with van der Waals surface area (Å²) in [5, 5.41) is 7.39. The van der Waals surface area contributed by atoms with Crippen LogP contribution in [0.4, 0.5) is 34.1 Å². The van der Waals surface area contributed by atoms with Crippen molar-refractivity contribution in [1.82, 2.24) is 9.13 Å². The molecular weight excluding hydrogens is 1040 g/mol. The summed E-state index contributed by atoms with van der Waals surface area (Å²) in [6.07, 6.45) is 0. The van der Waals surface area contributed by atoms with Crippen LogP contribution in [0.2, 0.25) is 0 Å². The normalized spacial score (nSPS) is 13.7. The van der Waals surface area contributed by atoms with E-state index < -0.39 is 0 Å². The second-order valence-corrected chi connectivity index (χ2v) is 25.7. The van der Waals surface area contributed by atoms with E-state index in [0.29, 0.717) is 0 Å². The van der Waals surface area contributed by atoms with Crippen LogP contribution in [0.1, 0.15) is 83.3 Å². The summed E-state index contributed by atoms with van der Waals surface area (Å²) >= 11 is 0. The molecule has 0 unspecified atom stereocenters. The van der Waals surface area contributed by atoms with Crippen LogP contribution in [0.5, 0.6) is 0 Å². The van der Waals surface area contributed by atoms with Crippen LogP contribution in [-0.2, 0) is 10.8 Å². The van der Waals surface area contributed by atoms with E-state index in [4.69, 9.17) is 0 Å². The van der Waals surface area contributed by atoms with E-state index in [2.05, 4.69) is 319 Å². The number of anilines is 6. The molecule has 0 saturated heterocycles. The molecule has 12 aromatic carbocycles. The van der Waals surface area contributed by atoms with E-state index in [1.54, 1.807) is 0 Å². The molecule has 4 nitrogen and oxygen atoms in total. The first-order valence-electron chi connectivity index (χ1n) is 30.5. The summed E-state index contributed by atoms with van der Waals surface area (Å²) in [6.45, 7) is 23.0. The molecule has 2 aromatic heterocycles. The minimum Gasteiger partial charge on any atom is -0.310 e. The molecule has 0 aliphatic heterocycles. The Balaban J connectivity index is 0.927. The molecule has 4 heteroatoms. The highest BCUT2D eigenvalue weighted by atomic mass is 15.2. The Labute approximate surface area is 504 Å². The molecule has 0 fully saturated rings. The van der Waals surface area contributed by atoms with Crippen molar-refractivity contribution in [2.45, 2.75) is 80.1 Å². The van der Waals surface area contributed by atoms with Gasteiger partial charge in [-0.2, -0.15) is 0 Å². The maximum atomic E-state index is 2.52. The molecule has 2 heterocycles. The van der Waals surface area contributed by atoms with Gasteiger partial charge in [-0.25, -0.2) is 0 Å². The van der Waals surface area contributed by atoms with Gasteiger partial charge in [0.15, 0.2) is 0 Å². The molecule has 2 aliphatic carbocycles. The lowest BCUT2D eigenvalue weighted by Gasteiger charge is -2.31. The average Bonchev–Trinajstić information content (AvgIpc) is 1.63. The van der Waals surface area contributed by atoms with Gasteiger partial charge in [-0.15, -0.1) is 0 Å². The van der Waals surface area contributed by atoms with Crippen LogP contribution in [0.15, 0.2) is 231 Å². The molecule has 416 valence electrons. The van der Waals surface area contributed by atoms with Crippen LogP contribution in [0, 0.1) is 41.5 Å². The van der Waals surface area contributed by atoms with Crippen molar-refractivity contribution in [1.29, 1.82) is 0 Å². The van der Waals surface area contributed by atoms with Crippen LogP contribution in [-0.4, -0.2) is 9.13 Å². The number of benzene rings is 12. The first kappa shape index (κ1) is 51.7. The number of aryl methyl sites for hydroxylation is 6. The van der Waals surface area contributed by atoms with E-state index in [0.717, 1.165) is 45.2 Å². The number of fused-ring (bicyclic) bond motifs is 15. The zero-order valence-corrected chi connectivity index (χ0v) is 50.7. The molecular formula is C82H68N4. The number of rotatable bonds is 8. The van der Waals surface area contributed by atoms with E-state index >= 15 is 0 Å². The van der Waals surface area contributed by atoms with E-state index in [1.165, 1.54) is 133 Å².